The van der Waals surface area contributed by atoms with Gasteiger partial charge in [-0.15, -0.1) is 0 Å². The van der Waals surface area contributed by atoms with Crippen molar-refractivity contribution in [1.29, 1.82) is 0 Å². The molecular weight excluding hydrogens is 263 g/mol. The van der Waals surface area contributed by atoms with Crippen LogP contribution in [0.1, 0.15) is 6.92 Å². The maximum atomic E-state index is 14.4. The van der Waals surface area contributed by atoms with Crippen LogP contribution in [0.15, 0.2) is 23.9 Å². The zero-order valence-corrected chi connectivity index (χ0v) is 9.78. The summed E-state index contributed by atoms with van der Waals surface area (Å²) in [6.45, 7) is 1.22. The van der Waals surface area contributed by atoms with E-state index in [9.17, 15) is 29.4 Å². The third-order valence-corrected chi connectivity index (χ3v) is 2.56. The van der Waals surface area contributed by atoms with E-state index in [2.05, 4.69) is 0 Å². The van der Waals surface area contributed by atoms with Crippen LogP contribution in [0.4, 0.5) is 4.39 Å². The van der Waals surface area contributed by atoms with Gasteiger partial charge in [0.15, 0.2) is 0 Å². The minimum atomic E-state index is -2.72. The molecule has 0 aromatic rings. The van der Waals surface area contributed by atoms with E-state index in [1.165, 1.54) is 6.92 Å². The van der Waals surface area contributed by atoms with Crippen molar-refractivity contribution in [2.24, 2.45) is 5.73 Å². The Kier molecular flexibility index (Phi) is 3.95. The quantitative estimate of drug-likeness (QED) is 0.393. The highest BCUT2D eigenvalue weighted by Gasteiger charge is 2.49. The average molecular weight is 274 g/mol. The highest BCUT2D eigenvalue weighted by atomic mass is 19.1. The molecule has 0 spiro atoms. The summed E-state index contributed by atoms with van der Waals surface area (Å²) in [4.78, 5) is 30.3. The van der Waals surface area contributed by atoms with Gasteiger partial charge in [-0.2, -0.15) is 0 Å². The predicted molar refractivity (Wildman–Crippen MR) is 60.6 cm³/mol. The van der Waals surface area contributed by atoms with Crippen molar-refractivity contribution in [2.45, 2.75) is 24.8 Å². The summed E-state index contributed by atoms with van der Waals surface area (Å²) in [6, 6.07) is -3.21. The molecule has 0 aromatic heterocycles. The number of nitro groups is 2. The first-order valence-electron chi connectivity index (χ1n) is 5.12. The van der Waals surface area contributed by atoms with Crippen LogP contribution in [-0.2, 0) is 4.79 Å². The van der Waals surface area contributed by atoms with Gasteiger partial charge in [0.05, 0.1) is 17.0 Å². The molecule has 0 saturated heterocycles. The maximum absolute atomic E-state index is 14.4. The summed E-state index contributed by atoms with van der Waals surface area (Å²) in [5.41, 5.74) is 4.33. The summed E-state index contributed by atoms with van der Waals surface area (Å²) in [5, 5.41) is 23.4. The van der Waals surface area contributed by atoms with Gasteiger partial charge >= 0.3 is 0 Å². The van der Waals surface area contributed by atoms with Gasteiger partial charge in [-0.25, -0.2) is 4.39 Å². The molecule has 0 aromatic carbocycles. The number of nitrogens with zero attached hydrogens (tertiary/aromatic N) is 2. The Bertz CT molecular complexity index is 491. The van der Waals surface area contributed by atoms with Crippen molar-refractivity contribution in [3.05, 3.63) is 44.2 Å². The van der Waals surface area contributed by atoms with Gasteiger partial charge in [-0.3, -0.25) is 30.3 Å². The van der Waals surface area contributed by atoms with E-state index in [0.29, 0.717) is 12.2 Å². The molecule has 0 heterocycles. The number of nitrogens with one attached hydrogen (secondary N) is 1. The van der Waals surface area contributed by atoms with E-state index in [1.807, 2.05) is 5.32 Å². The van der Waals surface area contributed by atoms with Gasteiger partial charge < -0.3 is 5.73 Å². The van der Waals surface area contributed by atoms with E-state index >= 15 is 0 Å². The Morgan fingerprint density at radius 1 is 1.58 bits per heavy atom. The number of carbonyl (C=O) groups is 1. The van der Waals surface area contributed by atoms with Crippen molar-refractivity contribution in [3.8, 4) is 0 Å². The van der Waals surface area contributed by atoms with Crippen molar-refractivity contribution in [1.82, 2.24) is 5.32 Å². The van der Waals surface area contributed by atoms with Gasteiger partial charge in [-0.05, 0) is 13.0 Å². The number of nitrogens with two attached hydrogens (primary N) is 1. The SMILES string of the molecule is C[C@H](NC1(F)C=CC([N+](=O)[O-])=CC1[N+](=O)[O-])C(N)=O. The molecule has 0 saturated carbocycles. The van der Waals surface area contributed by atoms with Crippen molar-refractivity contribution in [3.63, 3.8) is 0 Å². The topological polar surface area (TPSA) is 141 Å². The van der Waals surface area contributed by atoms with E-state index in [0.717, 1.165) is 6.08 Å². The predicted octanol–water partition coefficient (Wildman–Crippen LogP) is -0.509. The number of amides is 1. The number of allylic oxidation sites excluding steroid dienone is 1. The molecule has 2 unspecified atom stereocenters. The lowest BCUT2D eigenvalue weighted by molar-refractivity contribution is -0.529. The molecule has 1 aliphatic rings. The number of halogens is 1. The van der Waals surface area contributed by atoms with Gasteiger partial charge in [0, 0.05) is 11.0 Å². The number of hydrogen-bond acceptors (Lipinski definition) is 6. The Morgan fingerprint density at radius 3 is 2.58 bits per heavy atom. The monoisotopic (exact) mass is 274 g/mol. The summed E-state index contributed by atoms with van der Waals surface area (Å²) in [7, 11) is 0. The molecule has 1 rings (SSSR count). The van der Waals surface area contributed by atoms with Gasteiger partial charge in [0.2, 0.25) is 5.91 Å². The van der Waals surface area contributed by atoms with Crippen molar-refractivity contribution in [2.75, 3.05) is 0 Å². The average Bonchev–Trinajstić information content (AvgIpc) is 2.27. The molecule has 0 aliphatic heterocycles. The molecule has 1 amide bonds. The minimum absolute atomic E-state index is 0.570. The van der Waals surface area contributed by atoms with E-state index in [4.69, 9.17) is 5.73 Å². The molecule has 3 N–H and O–H groups in total. The van der Waals surface area contributed by atoms with Crippen LogP contribution in [0.2, 0.25) is 0 Å². The van der Waals surface area contributed by atoms with Crippen LogP contribution in [0, 0.1) is 20.2 Å². The maximum Gasteiger partial charge on any atom is 0.288 e. The number of alkyl halides is 1. The molecular formula is C9H11FN4O5. The molecule has 3 atom stereocenters. The Balaban J connectivity index is 3.08. The normalized spacial score (nSPS) is 27.5. The molecule has 19 heavy (non-hydrogen) atoms. The largest absolute Gasteiger partial charge is 0.368 e. The minimum Gasteiger partial charge on any atom is -0.368 e. The Labute approximate surface area is 106 Å². The smallest absolute Gasteiger partial charge is 0.288 e. The zero-order valence-electron chi connectivity index (χ0n) is 9.78. The first kappa shape index (κ1) is 14.7. The fraction of sp³-hybridized carbons (Fsp3) is 0.444. The van der Waals surface area contributed by atoms with Crippen LogP contribution < -0.4 is 11.1 Å². The van der Waals surface area contributed by atoms with E-state index < -0.39 is 39.3 Å². The lowest BCUT2D eigenvalue weighted by atomic mass is 9.98. The van der Waals surface area contributed by atoms with E-state index in [1.54, 1.807) is 0 Å². The van der Waals surface area contributed by atoms with Crippen molar-refractivity contribution < 1.29 is 19.0 Å². The van der Waals surface area contributed by atoms with Crippen LogP contribution >= 0.6 is 0 Å². The standard InChI is InChI=1S/C9H11FN4O5/c1-5(8(11)15)12-9(10)3-2-6(13(16)17)4-7(9)14(18)19/h2-5,7,12H,1H3,(H2,11,15)/t5-,7?,9?/m0/s1. The second kappa shape index (κ2) is 5.10. The second-order valence-corrected chi connectivity index (χ2v) is 3.95. The highest BCUT2D eigenvalue weighted by molar-refractivity contribution is 5.79. The fourth-order valence-corrected chi connectivity index (χ4v) is 1.52. The lowest BCUT2D eigenvalue weighted by Crippen LogP contribution is -2.58. The Morgan fingerprint density at radius 2 is 2.16 bits per heavy atom. The molecule has 0 bridgehead atoms. The van der Waals surface area contributed by atoms with Gasteiger partial charge in [-0.1, -0.05) is 0 Å². The molecule has 10 heteroatoms. The number of carbonyl (C=O) groups excluding carboxylic acids is 1. The molecule has 9 nitrogen and oxygen atoms in total. The first-order valence-corrected chi connectivity index (χ1v) is 5.12. The van der Waals surface area contributed by atoms with Crippen LogP contribution in [0.25, 0.3) is 0 Å². The highest BCUT2D eigenvalue weighted by Crippen LogP contribution is 2.26. The van der Waals surface area contributed by atoms with Crippen LogP contribution in [0.3, 0.4) is 0 Å². The fourth-order valence-electron chi connectivity index (χ4n) is 1.52. The zero-order chi connectivity index (χ0) is 14.8. The van der Waals surface area contributed by atoms with Gasteiger partial charge in [0.1, 0.15) is 0 Å². The van der Waals surface area contributed by atoms with Gasteiger partial charge in [0.25, 0.3) is 17.5 Å². The second-order valence-electron chi connectivity index (χ2n) is 3.95. The summed E-state index contributed by atoms with van der Waals surface area (Å²) >= 11 is 0. The Hall–Kier alpha value is -2.36. The first-order chi connectivity index (χ1) is 8.67. The van der Waals surface area contributed by atoms with Crippen LogP contribution in [-0.4, -0.2) is 33.6 Å². The summed E-state index contributed by atoms with van der Waals surface area (Å²) in [5.74, 6) is -3.63. The number of hydrogen-bond donors (Lipinski definition) is 2. The molecule has 0 fully saturated rings. The summed E-state index contributed by atoms with van der Waals surface area (Å²) in [6.07, 6.45) is 2.00. The number of primary amides is 1. The third-order valence-electron chi connectivity index (χ3n) is 2.56. The van der Waals surface area contributed by atoms with Crippen LogP contribution in [0.5, 0.6) is 0 Å². The molecule has 104 valence electrons. The van der Waals surface area contributed by atoms with E-state index in [-0.39, 0.29) is 0 Å². The van der Waals surface area contributed by atoms with Crippen molar-refractivity contribution >= 4 is 5.91 Å². The summed E-state index contributed by atoms with van der Waals surface area (Å²) < 4.78 is 14.4. The molecule has 0 radical (unpaired) electrons. The molecule has 1 aliphatic carbocycles. The third kappa shape index (κ3) is 3.10. The number of rotatable bonds is 5. The lowest BCUT2D eigenvalue weighted by Gasteiger charge is -2.28.